The molecule has 6 nitrogen and oxygen atoms in total. The van der Waals surface area contributed by atoms with Crippen LogP contribution < -0.4 is 21.8 Å². The van der Waals surface area contributed by atoms with E-state index in [9.17, 15) is 4.79 Å². The third kappa shape index (κ3) is 3.91. The van der Waals surface area contributed by atoms with E-state index in [0.717, 1.165) is 5.69 Å². The number of rotatable bonds is 3. The molecule has 1 aliphatic heterocycles. The fraction of sp³-hybridized carbons (Fsp3) is 0.167. The molecular formula is C12H14ClN5OS. The normalized spacial score (nSPS) is 17.1. The van der Waals surface area contributed by atoms with Crippen LogP contribution >= 0.6 is 23.8 Å². The summed E-state index contributed by atoms with van der Waals surface area (Å²) in [4.78, 5) is 11.2. The molecule has 1 aliphatic rings. The van der Waals surface area contributed by atoms with Crippen molar-refractivity contribution >= 4 is 40.5 Å². The van der Waals surface area contributed by atoms with Crippen molar-refractivity contribution in [3.63, 3.8) is 0 Å². The highest BCUT2D eigenvalue weighted by Gasteiger charge is 2.19. The number of nitrogens with two attached hydrogens (primary N) is 1. The molecule has 1 aromatic carbocycles. The molecule has 1 aromatic rings. The minimum atomic E-state index is -0.323. The lowest BCUT2D eigenvalue weighted by Gasteiger charge is -2.21. The maximum Gasteiger partial charge on any atom is 0.235 e. The van der Waals surface area contributed by atoms with Crippen LogP contribution in [0, 0.1) is 0 Å². The highest BCUT2D eigenvalue weighted by Crippen LogP contribution is 2.14. The van der Waals surface area contributed by atoms with Crippen LogP contribution in [0.1, 0.15) is 0 Å². The topological polar surface area (TPSA) is 82.4 Å². The molecule has 0 saturated heterocycles. The molecule has 0 aromatic heterocycles. The SMILES string of the molecule is NCC(=O)NC1C=CN(C(=S)Nc2ccc(Cl)cc2)N1. The van der Waals surface area contributed by atoms with Crippen molar-refractivity contribution in [3.8, 4) is 0 Å². The first-order chi connectivity index (χ1) is 9.58. The zero-order valence-corrected chi connectivity index (χ0v) is 12.0. The second-order valence-corrected chi connectivity index (χ2v) is 4.85. The number of anilines is 1. The number of halogens is 1. The Labute approximate surface area is 126 Å². The first kappa shape index (κ1) is 14.7. The van der Waals surface area contributed by atoms with Gasteiger partial charge in [0.25, 0.3) is 0 Å². The number of hydrogen-bond donors (Lipinski definition) is 4. The van der Waals surface area contributed by atoms with Gasteiger partial charge >= 0.3 is 0 Å². The predicted molar refractivity (Wildman–Crippen MR) is 82.8 cm³/mol. The Morgan fingerprint density at radius 2 is 2.15 bits per heavy atom. The van der Waals surface area contributed by atoms with E-state index in [2.05, 4.69) is 16.1 Å². The molecule has 0 saturated carbocycles. The van der Waals surface area contributed by atoms with Gasteiger partial charge in [0.2, 0.25) is 5.91 Å². The Kier molecular flexibility index (Phi) is 4.91. The Morgan fingerprint density at radius 3 is 2.80 bits per heavy atom. The lowest BCUT2D eigenvalue weighted by molar-refractivity contribution is -0.120. The van der Waals surface area contributed by atoms with Crippen molar-refractivity contribution in [2.75, 3.05) is 11.9 Å². The summed E-state index contributed by atoms with van der Waals surface area (Å²) in [5.74, 6) is -0.245. The van der Waals surface area contributed by atoms with Gasteiger partial charge in [-0.3, -0.25) is 9.80 Å². The molecule has 0 aliphatic carbocycles. The summed E-state index contributed by atoms with van der Waals surface area (Å²) in [6.45, 7) is -0.0561. The molecule has 106 valence electrons. The van der Waals surface area contributed by atoms with E-state index in [0.29, 0.717) is 10.1 Å². The van der Waals surface area contributed by atoms with Gasteiger partial charge in [-0.1, -0.05) is 11.6 Å². The van der Waals surface area contributed by atoms with Crippen molar-refractivity contribution in [1.29, 1.82) is 0 Å². The quantitative estimate of drug-likeness (QED) is 0.617. The number of nitrogens with one attached hydrogen (secondary N) is 3. The summed E-state index contributed by atoms with van der Waals surface area (Å²) in [6.07, 6.45) is 3.17. The number of carbonyl (C=O) groups excluding carboxylic acids is 1. The average Bonchev–Trinajstić information content (AvgIpc) is 2.89. The van der Waals surface area contributed by atoms with E-state index in [1.54, 1.807) is 29.4 Å². The van der Waals surface area contributed by atoms with E-state index in [-0.39, 0.29) is 18.6 Å². The van der Waals surface area contributed by atoms with Crippen LogP contribution in [0.4, 0.5) is 5.69 Å². The molecule has 1 atom stereocenters. The lowest BCUT2D eigenvalue weighted by Crippen LogP contribution is -2.50. The van der Waals surface area contributed by atoms with Crippen LogP contribution in [0.3, 0.4) is 0 Å². The molecule has 0 bridgehead atoms. The Hall–Kier alpha value is -1.67. The summed E-state index contributed by atoms with van der Waals surface area (Å²) in [5, 5.41) is 8.43. The zero-order valence-electron chi connectivity index (χ0n) is 10.5. The van der Waals surface area contributed by atoms with Crippen LogP contribution in [-0.4, -0.2) is 28.7 Å². The second kappa shape index (κ2) is 6.67. The van der Waals surface area contributed by atoms with Crippen molar-refractivity contribution < 1.29 is 4.79 Å². The molecule has 2 rings (SSSR count). The standard InChI is InChI=1S/C12H14ClN5OS/c13-8-1-3-9(4-2-8)15-12(20)18-6-5-10(17-18)16-11(19)7-14/h1-6,10,17H,7,14H2,(H,15,20)(H,16,19). The Balaban J connectivity index is 1.87. The largest absolute Gasteiger partial charge is 0.335 e. The van der Waals surface area contributed by atoms with Gasteiger partial charge in [0.05, 0.1) is 6.54 Å². The molecule has 1 amide bonds. The van der Waals surface area contributed by atoms with Crippen LogP contribution in [-0.2, 0) is 4.79 Å². The first-order valence-electron chi connectivity index (χ1n) is 5.88. The number of hydrazine groups is 1. The van der Waals surface area contributed by atoms with Crippen LogP contribution in [0.2, 0.25) is 5.02 Å². The molecule has 8 heteroatoms. The smallest absolute Gasteiger partial charge is 0.235 e. The highest BCUT2D eigenvalue weighted by molar-refractivity contribution is 7.80. The van der Waals surface area contributed by atoms with E-state index in [1.165, 1.54) is 0 Å². The van der Waals surface area contributed by atoms with Crippen LogP contribution in [0.15, 0.2) is 36.5 Å². The highest BCUT2D eigenvalue weighted by atomic mass is 35.5. The maximum atomic E-state index is 11.2. The van der Waals surface area contributed by atoms with E-state index >= 15 is 0 Å². The minimum Gasteiger partial charge on any atom is -0.335 e. The number of carbonyl (C=O) groups is 1. The number of nitrogens with zero attached hydrogens (tertiary/aromatic N) is 1. The lowest BCUT2D eigenvalue weighted by atomic mass is 10.3. The molecule has 0 fully saturated rings. The van der Waals surface area contributed by atoms with Crippen LogP contribution in [0.5, 0.6) is 0 Å². The molecule has 20 heavy (non-hydrogen) atoms. The van der Waals surface area contributed by atoms with Crippen molar-refractivity contribution in [2.45, 2.75) is 6.17 Å². The monoisotopic (exact) mass is 311 g/mol. The maximum absolute atomic E-state index is 11.2. The second-order valence-electron chi connectivity index (χ2n) is 4.03. The summed E-state index contributed by atoms with van der Waals surface area (Å²) in [6, 6.07) is 7.18. The summed E-state index contributed by atoms with van der Waals surface area (Å²) in [7, 11) is 0. The van der Waals surface area contributed by atoms with E-state index in [1.807, 2.05) is 12.1 Å². The van der Waals surface area contributed by atoms with Gasteiger partial charge in [-0.2, -0.15) is 0 Å². The van der Waals surface area contributed by atoms with E-state index in [4.69, 9.17) is 29.6 Å². The average molecular weight is 312 g/mol. The fourth-order valence-corrected chi connectivity index (χ4v) is 1.92. The molecule has 1 heterocycles. The van der Waals surface area contributed by atoms with E-state index < -0.39 is 0 Å². The summed E-state index contributed by atoms with van der Waals surface area (Å²) >= 11 is 11.1. The van der Waals surface area contributed by atoms with Gasteiger partial charge < -0.3 is 16.4 Å². The summed E-state index contributed by atoms with van der Waals surface area (Å²) in [5.41, 5.74) is 9.05. The van der Waals surface area contributed by atoms with Gasteiger partial charge in [-0.05, 0) is 42.6 Å². The molecule has 5 N–H and O–H groups in total. The number of thiocarbonyl (C=S) groups is 1. The molecular weight excluding hydrogens is 298 g/mol. The Bertz CT molecular complexity index is 533. The number of amides is 1. The molecule has 0 spiro atoms. The van der Waals surface area contributed by atoms with Crippen molar-refractivity contribution in [1.82, 2.24) is 15.8 Å². The van der Waals surface area contributed by atoms with Crippen molar-refractivity contribution in [2.24, 2.45) is 5.73 Å². The minimum absolute atomic E-state index is 0.0561. The first-order valence-corrected chi connectivity index (χ1v) is 6.67. The van der Waals surface area contributed by atoms with Crippen molar-refractivity contribution in [3.05, 3.63) is 41.6 Å². The third-order valence-corrected chi connectivity index (χ3v) is 3.07. The van der Waals surface area contributed by atoms with Crippen LogP contribution in [0.25, 0.3) is 0 Å². The molecule has 0 radical (unpaired) electrons. The van der Waals surface area contributed by atoms with Gasteiger partial charge in [0.1, 0.15) is 6.17 Å². The Morgan fingerprint density at radius 1 is 1.45 bits per heavy atom. The van der Waals surface area contributed by atoms with Gasteiger partial charge in [0, 0.05) is 16.9 Å². The third-order valence-electron chi connectivity index (χ3n) is 2.52. The number of benzene rings is 1. The molecule has 1 unspecified atom stereocenters. The fourth-order valence-electron chi connectivity index (χ4n) is 1.56. The van der Waals surface area contributed by atoms with Gasteiger partial charge in [-0.15, -0.1) is 0 Å². The predicted octanol–water partition coefficient (Wildman–Crippen LogP) is 0.772. The summed E-state index contributed by atoms with van der Waals surface area (Å²) < 4.78 is 0. The zero-order chi connectivity index (χ0) is 14.5. The van der Waals surface area contributed by atoms with Gasteiger partial charge in [0.15, 0.2) is 5.11 Å². The van der Waals surface area contributed by atoms with Gasteiger partial charge in [-0.25, -0.2) is 5.43 Å². The number of hydrogen-bond acceptors (Lipinski definition) is 4.